The minimum absolute atomic E-state index is 0.0552. The maximum absolute atomic E-state index is 13.4. The van der Waals surface area contributed by atoms with Gasteiger partial charge in [0.1, 0.15) is 5.75 Å². The molecule has 0 radical (unpaired) electrons. The second-order valence-corrected chi connectivity index (χ2v) is 11.4. The van der Waals surface area contributed by atoms with Crippen molar-refractivity contribution in [3.8, 4) is 5.75 Å². The Morgan fingerprint density at radius 1 is 1.15 bits per heavy atom. The van der Waals surface area contributed by atoms with E-state index in [2.05, 4.69) is 25.2 Å². The highest BCUT2D eigenvalue weighted by atomic mass is 16.5. The maximum atomic E-state index is 13.4. The number of hydrogen-bond acceptors (Lipinski definition) is 3. The van der Waals surface area contributed by atoms with Crippen LogP contribution in [-0.4, -0.2) is 36.9 Å². The highest BCUT2D eigenvalue weighted by Crippen LogP contribution is 2.65. The summed E-state index contributed by atoms with van der Waals surface area (Å²) in [4.78, 5) is 27.6. The Morgan fingerprint density at radius 2 is 1.97 bits per heavy atom. The number of fused-ring (bicyclic) bond motifs is 5. The lowest BCUT2D eigenvalue weighted by Gasteiger charge is -2.60. The van der Waals surface area contributed by atoms with Crippen molar-refractivity contribution in [1.82, 2.24) is 10.2 Å². The lowest BCUT2D eigenvalue weighted by molar-refractivity contribution is -0.142. The van der Waals surface area contributed by atoms with Gasteiger partial charge in [0.25, 0.3) is 0 Å². The SMILES string of the molecule is COc1cccc(CNC(=O)[C@H]2CC[C@H]3[C@@H]4CC[C@H]5N(C)C(=O)C=C[C@]5(C)[C@H]4CC[C@]23C)c1. The Kier molecular flexibility index (Phi) is 5.57. The number of amides is 2. The van der Waals surface area contributed by atoms with E-state index >= 15 is 0 Å². The summed E-state index contributed by atoms with van der Waals surface area (Å²) >= 11 is 0. The Morgan fingerprint density at radius 3 is 2.76 bits per heavy atom. The molecule has 3 fully saturated rings. The molecule has 0 saturated heterocycles. The zero-order valence-electron chi connectivity index (χ0n) is 20.5. The predicted molar refractivity (Wildman–Crippen MR) is 128 cm³/mol. The Labute approximate surface area is 197 Å². The number of rotatable bonds is 4. The maximum Gasteiger partial charge on any atom is 0.246 e. The summed E-state index contributed by atoms with van der Waals surface area (Å²) in [6.45, 7) is 5.31. The molecule has 5 rings (SSSR count). The Hall–Kier alpha value is -2.30. The molecule has 5 heteroatoms. The third kappa shape index (κ3) is 3.50. The number of methoxy groups -OCH3 is 1. The van der Waals surface area contributed by atoms with E-state index in [0.29, 0.717) is 30.3 Å². The predicted octanol–water partition coefficient (Wildman–Crippen LogP) is 4.57. The van der Waals surface area contributed by atoms with Crippen molar-refractivity contribution < 1.29 is 14.3 Å². The number of ether oxygens (including phenoxy) is 1. The van der Waals surface area contributed by atoms with Crippen LogP contribution < -0.4 is 10.1 Å². The van der Waals surface area contributed by atoms with E-state index in [9.17, 15) is 9.59 Å². The molecule has 0 spiro atoms. The molecule has 1 N–H and O–H groups in total. The van der Waals surface area contributed by atoms with E-state index in [-0.39, 0.29) is 28.6 Å². The Bertz CT molecular complexity index is 974. The fourth-order valence-corrected chi connectivity index (χ4v) is 8.26. The van der Waals surface area contributed by atoms with E-state index < -0.39 is 0 Å². The highest BCUT2D eigenvalue weighted by molar-refractivity contribution is 5.89. The first-order valence-electron chi connectivity index (χ1n) is 12.6. The van der Waals surface area contributed by atoms with E-state index in [4.69, 9.17) is 4.74 Å². The average molecular weight is 451 g/mol. The van der Waals surface area contributed by atoms with Gasteiger partial charge in [0.2, 0.25) is 11.8 Å². The molecule has 3 saturated carbocycles. The van der Waals surface area contributed by atoms with Gasteiger partial charge in [0.15, 0.2) is 0 Å². The summed E-state index contributed by atoms with van der Waals surface area (Å²) in [5, 5.41) is 3.24. The van der Waals surface area contributed by atoms with Crippen LogP contribution in [0.15, 0.2) is 36.4 Å². The molecule has 1 aromatic carbocycles. The zero-order chi connectivity index (χ0) is 23.4. The van der Waals surface area contributed by atoms with E-state index in [0.717, 1.165) is 43.4 Å². The summed E-state index contributed by atoms with van der Waals surface area (Å²) in [5.74, 6) is 3.10. The van der Waals surface area contributed by atoms with Crippen LogP contribution in [0.5, 0.6) is 5.75 Å². The second kappa shape index (κ2) is 8.18. The molecule has 33 heavy (non-hydrogen) atoms. The zero-order valence-corrected chi connectivity index (χ0v) is 20.5. The molecule has 178 valence electrons. The van der Waals surface area contributed by atoms with Gasteiger partial charge in [-0.05, 0) is 85.5 Å². The molecule has 1 aliphatic heterocycles. The van der Waals surface area contributed by atoms with Crippen LogP contribution in [0.1, 0.15) is 57.9 Å². The molecule has 1 heterocycles. The summed E-state index contributed by atoms with van der Waals surface area (Å²) in [6.07, 6.45) is 10.7. The average Bonchev–Trinajstić information content (AvgIpc) is 3.17. The fraction of sp³-hybridized carbons (Fsp3) is 0.643. The summed E-state index contributed by atoms with van der Waals surface area (Å²) in [5.41, 5.74) is 1.20. The van der Waals surface area contributed by atoms with Crippen LogP contribution in [0.4, 0.5) is 0 Å². The van der Waals surface area contributed by atoms with Gasteiger partial charge in [0, 0.05) is 31.0 Å². The number of hydrogen-bond donors (Lipinski definition) is 1. The van der Waals surface area contributed by atoms with Crippen molar-refractivity contribution >= 4 is 11.8 Å². The van der Waals surface area contributed by atoms with Gasteiger partial charge in [-0.2, -0.15) is 0 Å². The number of carbonyl (C=O) groups is 2. The van der Waals surface area contributed by atoms with Crippen LogP contribution in [-0.2, 0) is 16.1 Å². The van der Waals surface area contributed by atoms with Gasteiger partial charge in [-0.1, -0.05) is 32.1 Å². The Balaban J connectivity index is 1.31. The minimum Gasteiger partial charge on any atom is -0.497 e. The van der Waals surface area contributed by atoms with Gasteiger partial charge in [-0.25, -0.2) is 0 Å². The molecule has 2 amide bonds. The van der Waals surface area contributed by atoms with E-state index in [1.165, 1.54) is 6.42 Å². The van der Waals surface area contributed by atoms with Crippen LogP contribution in [0.25, 0.3) is 0 Å². The molecule has 7 atom stereocenters. The number of likely N-dealkylation sites (N-methyl/N-ethyl adjacent to an activating group) is 1. The third-order valence-corrected chi connectivity index (χ3v) is 10.0. The second-order valence-electron chi connectivity index (χ2n) is 11.4. The molecule has 5 nitrogen and oxygen atoms in total. The minimum atomic E-state index is 0.0552. The molecule has 1 aromatic rings. The first-order chi connectivity index (χ1) is 15.8. The molecule has 0 bridgehead atoms. The molecule has 0 aromatic heterocycles. The van der Waals surface area contributed by atoms with Crippen molar-refractivity contribution in [2.24, 2.45) is 34.5 Å². The van der Waals surface area contributed by atoms with Gasteiger partial charge in [-0.3, -0.25) is 9.59 Å². The number of benzene rings is 1. The first-order valence-corrected chi connectivity index (χ1v) is 12.6. The van der Waals surface area contributed by atoms with Crippen molar-refractivity contribution in [2.75, 3.05) is 14.2 Å². The first kappa shape index (κ1) is 22.5. The lowest BCUT2D eigenvalue weighted by atomic mass is 9.47. The van der Waals surface area contributed by atoms with Crippen LogP contribution in [0.2, 0.25) is 0 Å². The van der Waals surface area contributed by atoms with Gasteiger partial charge >= 0.3 is 0 Å². The highest BCUT2D eigenvalue weighted by Gasteiger charge is 2.61. The third-order valence-electron chi connectivity index (χ3n) is 10.0. The molecular weight excluding hydrogens is 412 g/mol. The van der Waals surface area contributed by atoms with Crippen molar-refractivity contribution in [2.45, 2.75) is 65.0 Å². The smallest absolute Gasteiger partial charge is 0.246 e. The van der Waals surface area contributed by atoms with Crippen LogP contribution >= 0.6 is 0 Å². The van der Waals surface area contributed by atoms with Crippen molar-refractivity contribution in [1.29, 1.82) is 0 Å². The molecule has 0 unspecified atom stereocenters. The normalized spacial score (nSPS) is 39.5. The number of carbonyl (C=O) groups excluding carboxylic acids is 2. The summed E-state index contributed by atoms with van der Waals surface area (Å²) in [7, 11) is 3.64. The molecule has 4 aliphatic rings. The van der Waals surface area contributed by atoms with Crippen LogP contribution in [0.3, 0.4) is 0 Å². The lowest BCUT2D eigenvalue weighted by Crippen LogP contribution is -2.59. The topological polar surface area (TPSA) is 58.6 Å². The van der Waals surface area contributed by atoms with E-state index in [1.807, 2.05) is 36.2 Å². The van der Waals surface area contributed by atoms with Crippen LogP contribution in [0, 0.1) is 34.5 Å². The van der Waals surface area contributed by atoms with Crippen molar-refractivity contribution in [3.63, 3.8) is 0 Å². The largest absolute Gasteiger partial charge is 0.497 e. The monoisotopic (exact) mass is 450 g/mol. The van der Waals surface area contributed by atoms with Gasteiger partial charge in [0.05, 0.1) is 7.11 Å². The molecule has 3 aliphatic carbocycles. The van der Waals surface area contributed by atoms with Gasteiger partial charge in [-0.15, -0.1) is 0 Å². The van der Waals surface area contributed by atoms with Crippen molar-refractivity contribution in [3.05, 3.63) is 42.0 Å². The quantitative estimate of drug-likeness (QED) is 0.731. The van der Waals surface area contributed by atoms with Gasteiger partial charge < -0.3 is 15.0 Å². The fourth-order valence-electron chi connectivity index (χ4n) is 8.26. The summed E-state index contributed by atoms with van der Waals surface area (Å²) < 4.78 is 5.32. The molecular formula is C28H38N2O3. The standard InChI is InChI=1S/C28H38N2O3/c1-27-14-12-22-20(8-11-24-28(22,2)15-13-25(31)30(24)3)21(27)9-10-23(27)26(32)29-17-18-6-5-7-19(16-18)33-4/h5-7,13,15-16,20-24H,8-12,14,17H2,1-4H3,(H,29,32)/t20-,21-,22-,23+,24+,27-,28+/m0/s1. The number of nitrogens with zero attached hydrogens (tertiary/aromatic N) is 1. The summed E-state index contributed by atoms with van der Waals surface area (Å²) in [6, 6.07) is 8.23. The number of nitrogens with one attached hydrogen (secondary N) is 1. The van der Waals surface area contributed by atoms with E-state index in [1.54, 1.807) is 13.2 Å².